The van der Waals surface area contributed by atoms with E-state index >= 15 is 0 Å². The highest BCUT2D eigenvalue weighted by Gasteiger charge is 2.22. The summed E-state index contributed by atoms with van der Waals surface area (Å²) in [5.41, 5.74) is 1.66. The largest absolute Gasteiger partial charge is 0.353 e. The molecule has 156 valence electrons. The molecule has 3 amide bonds. The molecular formula is C22H29ClN4O2. The topological polar surface area (TPSA) is 57.6 Å². The van der Waals surface area contributed by atoms with E-state index in [1.54, 1.807) is 35.2 Å². The molecule has 0 bridgehead atoms. The summed E-state index contributed by atoms with van der Waals surface area (Å²) in [7, 11) is 1.96. The number of amides is 3. The van der Waals surface area contributed by atoms with Gasteiger partial charge in [0.15, 0.2) is 0 Å². The Bertz CT molecular complexity index is 830. The second kappa shape index (κ2) is 10.7. The Hall–Kier alpha value is -2.73. The highest BCUT2D eigenvalue weighted by molar-refractivity contribution is 6.30. The third kappa shape index (κ3) is 6.98. The zero-order chi connectivity index (χ0) is 21.4. The minimum atomic E-state index is -0.357. The van der Waals surface area contributed by atoms with E-state index in [0.29, 0.717) is 29.7 Å². The first-order valence-electron chi connectivity index (χ1n) is 9.60. The molecule has 0 aliphatic carbocycles. The number of aryl methyl sites for hydroxylation is 1. The maximum atomic E-state index is 13.0. The van der Waals surface area contributed by atoms with Crippen molar-refractivity contribution in [1.82, 2.24) is 14.4 Å². The molecule has 6 nitrogen and oxygen atoms in total. The van der Waals surface area contributed by atoms with Gasteiger partial charge in [-0.1, -0.05) is 31.5 Å². The molecule has 29 heavy (non-hydrogen) atoms. The Kier molecular flexibility index (Phi) is 8.34. The molecule has 0 unspecified atom stereocenters. The van der Waals surface area contributed by atoms with Gasteiger partial charge in [0.25, 0.3) is 0 Å². The van der Waals surface area contributed by atoms with E-state index in [1.807, 2.05) is 29.9 Å². The number of halogens is 1. The Balaban J connectivity index is 2.09. The molecule has 0 spiro atoms. The van der Waals surface area contributed by atoms with Gasteiger partial charge in [0.1, 0.15) is 6.54 Å². The Morgan fingerprint density at radius 2 is 1.90 bits per heavy atom. The second-order valence-corrected chi connectivity index (χ2v) is 7.82. The van der Waals surface area contributed by atoms with Crippen molar-refractivity contribution in [2.45, 2.75) is 20.4 Å². The van der Waals surface area contributed by atoms with Crippen molar-refractivity contribution in [2.75, 3.05) is 25.0 Å². The number of anilines is 1. The van der Waals surface area contributed by atoms with Crippen LogP contribution in [0, 0.1) is 5.92 Å². The molecule has 0 radical (unpaired) electrons. The van der Waals surface area contributed by atoms with Crippen molar-refractivity contribution >= 4 is 29.2 Å². The van der Waals surface area contributed by atoms with Crippen LogP contribution in [0.3, 0.4) is 0 Å². The third-order valence-corrected chi connectivity index (χ3v) is 4.65. The van der Waals surface area contributed by atoms with Gasteiger partial charge in [-0.25, -0.2) is 4.79 Å². The fraction of sp³-hybridized carbons (Fsp3) is 0.364. The number of aromatic nitrogens is 1. The van der Waals surface area contributed by atoms with Gasteiger partial charge in [-0.05, 0) is 42.3 Å². The van der Waals surface area contributed by atoms with Crippen LogP contribution in [-0.4, -0.2) is 45.9 Å². The van der Waals surface area contributed by atoms with Crippen molar-refractivity contribution < 1.29 is 9.59 Å². The smallest absolute Gasteiger partial charge is 0.322 e. The molecular weight excluding hydrogens is 388 g/mol. The van der Waals surface area contributed by atoms with Crippen molar-refractivity contribution in [1.29, 1.82) is 0 Å². The maximum absolute atomic E-state index is 13.0. The van der Waals surface area contributed by atoms with Gasteiger partial charge in [0, 0.05) is 42.7 Å². The number of urea groups is 1. The van der Waals surface area contributed by atoms with E-state index in [2.05, 4.69) is 25.7 Å². The molecule has 1 aromatic heterocycles. The molecule has 2 aromatic rings. The van der Waals surface area contributed by atoms with Crippen molar-refractivity contribution in [3.63, 3.8) is 0 Å². The standard InChI is InChI=1S/C22H29ClN4O2/c1-5-12-26(22(29)24-19-10-8-18(23)9-11-19)16-21(28)27(14-17(2)3)15-20-7-6-13-25(20)4/h5-11,13,17H,1,12,14-16H2,2-4H3,(H,24,29). The lowest BCUT2D eigenvalue weighted by Gasteiger charge is -2.28. The number of hydrogen-bond donors (Lipinski definition) is 1. The molecule has 0 saturated carbocycles. The molecule has 7 heteroatoms. The minimum Gasteiger partial charge on any atom is -0.353 e. The molecule has 0 aliphatic rings. The zero-order valence-corrected chi connectivity index (χ0v) is 18.0. The predicted octanol–water partition coefficient (Wildman–Crippen LogP) is 4.38. The number of nitrogens with one attached hydrogen (secondary N) is 1. The average molecular weight is 417 g/mol. The van der Waals surface area contributed by atoms with Gasteiger partial charge < -0.3 is 19.7 Å². The van der Waals surface area contributed by atoms with Crippen molar-refractivity contribution in [2.24, 2.45) is 13.0 Å². The van der Waals surface area contributed by atoms with Gasteiger partial charge >= 0.3 is 6.03 Å². The summed E-state index contributed by atoms with van der Waals surface area (Å²) in [5, 5.41) is 3.39. The van der Waals surface area contributed by atoms with Gasteiger partial charge in [0.2, 0.25) is 5.91 Å². The van der Waals surface area contributed by atoms with Crippen LogP contribution in [0.25, 0.3) is 0 Å². The average Bonchev–Trinajstić information content (AvgIpc) is 3.07. The normalized spacial score (nSPS) is 10.7. The first-order valence-corrected chi connectivity index (χ1v) is 9.98. The lowest BCUT2D eigenvalue weighted by Crippen LogP contribution is -2.45. The lowest BCUT2D eigenvalue weighted by molar-refractivity contribution is -0.132. The van der Waals surface area contributed by atoms with E-state index in [1.165, 1.54) is 4.90 Å². The Morgan fingerprint density at radius 1 is 1.21 bits per heavy atom. The quantitative estimate of drug-likeness (QED) is 0.616. The SMILES string of the molecule is C=CCN(CC(=O)N(Cc1cccn1C)CC(C)C)C(=O)Nc1ccc(Cl)cc1. The van der Waals surface area contributed by atoms with E-state index in [0.717, 1.165) is 5.69 Å². The number of carbonyl (C=O) groups excluding carboxylic acids is 2. The van der Waals surface area contributed by atoms with Crippen LogP contribution in [0.2, 0.25) is 5.02 Å². The Morgan fingerprint density at radius 3 is 2.45 bits per heavy atom. The van der Waals surface area contributed by atoms with Gasteiger partial charge in [0.05, 0.1) is 6.54 Å². The second-order valence-electron chi connectivity index (χ2n) is 7.38. The number of benzene rings is 1. The highest BCUT2D eigenvalue weighted by atomic mass is 35.5. The number of nitrogens with zero attached hydrogens (tertiary/aromatic N) is 3. The summed E-state index contributed by atoms with van der Waals surface area (Å²) in [6, 6.07) is 10.4. The van der Waals surface area contributed by atoms with E-state index < -0.39 is 0 Å². The van der Waals surface area contributed by atoms with Crippen LogP contribution in [0.1, 0.15) is 19.5 Å². The molecule has 1 heterocycles. The summed E-state index contributed by atoms with van der Waals surface area (Å²) in [5.74, 6) is 0.211. The summed E-state index contributed by atoms with van der Waals surface area (Å²) in [6.07, 6.45) is 3.57. The van der Waals surface area contributed by atoms with Crippen molar-refractivity contribution in [3.8, 4) is 0 Å². The van der Waals surface area contributed by atoms with Crippen LogP contribution in [0.5, 0.6) is 0 Å². The number of hydrogen-bond acceptors (Lipinski definition) is 2. The molecule has 0 saturated heterocycles. The fourth-order valence-corrected chi connectivity index (χ4v) is 3.05. The number of carbonyl (C=O) groups is 2. The summed E-state index contributed by atoms with van der Waals surface area (Å²) < 4.78 is 2.00. The maximum Gasteiger partial charge on any atom is 0.322 e. The predicted molar refractivity (Wildman–Crippen MR) is 118 cm³/mol. The van der Waals surface area contributed by atoms with E-state index in [-0.39, 0.29) is 25.0 Å². The minimum absolute atomic E-state index is 0.0252. The highest BCUT2D eigenvalue weighted by Crippen LogP contribution is 2.14. The lowest BCUT2D eigenvalue weighted by atomic mass is 10.2. The van der Waals surface area contributed by atoms with Gasteiger partial charge in [-0.2, -0.15) is 0 Å². The van der Waals surface area contributed by atoms with Crippen LogP contribution in [-0.2, 0) is 18.4 Å². The van der Waals surface area contributed by atoms with Crippen LogP contribution in [0.4, 0.5) is 10.5 Å². The zero-order valence-electron chi connectivity index (χ0n) is 17.3. The Labute approximate surface area is 177 Å². The molecule has 2 rings (SSSR count). The van der Waals surface area contributed by atoms with Crippen LogP contribution >= 0.6 is 11.6 Å². The first-order chi connectivity index (χ1) is 13.8. The molecule has 0 fully saturated rings. The van der Waals surface area contributed by atoms with Gasteiger partial charge in [-0.15, -0.1) is 6.58 Å². The monoisotopic (exact) mass is 416 g/mol. The summed E-state index contributed by atoms with van der Waals surface area (Å²) >= 11 is 5.89. The van der Waals surface area contributed by atoms with Crippen LogP contribution in [0.15, 0.2) is 55.3 Å². The van der Waals surface area contributed by atoms with Crippen molar-refractivity contribution in [3.05, 3.63) is 66.0 Å². The fourth-order valence-electron chi connectivity index (χ4n) is 2.93. The first kappa shape index (κ1) is 22.6. The van der Waals surface area contributed by atoms with Gasteiger partial charge in [-0.3, -0.25) is 4.79 Å². The van der Waals surface area contributed by atoms with Crippen LogP contribution < -0.4 is 5.32 Å². The molecule has 1 aromatic carbocycles. The molecule has 1 N–H and O–H groups in total. The van der Waals surface area contributed by atoms with E-state index in [4.69, 9.17) is 11.6 Å². The van der Waals surface area contributed by atoms with E-state index in [9.17, 15) is 9.59 Å². The molecule has 0 aliphatic heterocycles. The molecule has 0 atom stereocenters. The summed E-state index contributed by atoms with van der Waals surface area (Å²) in [6.45, 7) is 9.21. The summed E-state index contributed by atoms with van der Waals surface area (Å²) in [4.78, 5) is 29.0. The number of rotatable bonds is 9. The third-order valence-electron chi connectivity index (χ3n) is 4.40.